The second-order valence-corrected chi connectivity index (χ2v) is 6.27. The minimum atomic E-state index is -0.859. The first kappa shape index (κ1) is 16.6. The molecular formula is C19H21NO4. The average molecular weight is 327 g/mol. The Morgan fingerprint density at radius 1 is 1.29 bits per heavy atom. The van der Waals surface area contributed by atoms with Gasteiger partial charge in [-0.2, -0.15) is 0 Å². The first-order valence-corrected chi connectivity index (χ1v) is 8.09. The van der Waals surface area contributed by atoms with Gasteiger partial charge in [0.05, 0.1) is 22.7 Å². The molecule has 1 aliphatic rings. The summed E-state index contributed by atoms with van der Waals surface area (Å²) in [7, 11) is 0. The number of hydrogen-bond donors (Lipinski definition) is 2. The van der Waals surface area contributed by atoms with Crippen molar-refractivity contribution in [3.63, 3.8) is 0 Å². The topological polar surface area (TPSA) is 79.7 Å². The second-order valence-electron chi connectivity index (χ2n) is 6.27. The molecule has 5 heteroatoms. The predicted octanol–water partition coefficient (Wildman–Crippen LogP) is 3.18. The number of rotatable bonds is 4. The van der Waals surface area contributed by atoms with E-state index in [-0.39, 0.29) is 0 Å². The second kappa shape index (κ2) is 6.71. The normalized spacial score (nSPS) is 18.8. The van der Waals surface area contributed by atoms with E-state index in [0.717, 1.165) is 16.5 Å². The molecule has 0 bridgehead atoms. The van der Waals surface area contributed by atoms with Crippen molar-refractivity contribution in [3.8, 4) is 0 Å². The Balaban J connectivity index is 1.92. The third kappa shape index (κ3) is 3.32. The third-order valence-electron chi connectivity index (χ3n) is 4.57. The van der Waals surface area contributed by atoms with Gasteiger partial charge in [0.1, 0.15) is 0 Å². The zero-order valence-electron chi connectivity index (χ0n) is 13.6. The van der Waals surface area contributed by atoms with Crippen LogP contribution in [-0.2, 0) is 9.53 Å². The van der Waals surface area contributed by atoms with Crippen LogP contribution in [0.4, 0.5) is 0 Å². The van der Waals surface area contributed by atoms with Crippen LogP contribution in [0.2, 0.25) is 0 Å². The lowest BCUT2D eigenvalue weighted by Gasteiger charge is -2.30. The van der Waals surface area contributed by atoms with Gasteiger partial charge in [0.2, 0.25) is 0 Å². The lowest BCUT2D eigenvalue weighted by Crippen LogP contribution is -2.35. The van der Waals surface area contributed by atoms with E-state index in [1.165, 1.54) is 0 Å². The summed E-state index contributed by atoms with van der Waals surface area (Å²) < 4.78 is 5.29. The number of nitrogens with zero attached hydrogens (tertiary/aromatic N) is 1. The van der Waals surface area contributed by atoms with E-state index >= 15 is 0 Å². The molecule has 1 aromatic heterocycles. The molecule has 2 N–H and O–H groups in total. The van der Waals surface area contributed by atoms with Gasteiger partial charge in [-0.3, -0.25) is 9.78 Å². The van der Waals surface area contributed by atoms with E-state index in [2.05, 4.69) is 4.98 Å². The summed E-state index contributed by atoms with van der Waals surface area (Å²) in [5.74, 6) is -0.808. The van der Waals surface area contributed by atoms with Gasteiger partial charge in [0, 0.05) is 18.6 Å². The zero-order valence-corrected chi connectivity index (χ0v) is 13.6. The molecule has 5 nitrogen and oxygen atoms in total. The van der Waals surface area contributed by atoms with Crippen LogP contribution in [0.15, 0.2) is 36.4 Å². The van der Waals surface area contributed by atoms with Crippen molar-refractivity contribution in [2.45, 2.75) is 25.9 Å². The largest absolute Gasteiger partial charge is 0.481 e. The summed E-state index contributed by atoms with van der Waals surface area (Å²) in [5, 5.41) is 20.2. The van der Waals surface area contributed by atoms with E-state index in [4.69, 9.17) is 4.74 Å². The number of carboxylic acid groups (broad SMARTS) is 1. The van der Waals surface area contributed by atoms with Crippen LogP contribution in [-0.4, -0.2) is 34.4 Å². The SMILES string of the molecule is CC(O)c1ccc2ccc(C=CC3(C(=O)O)CCOCC3)cc2n1. The number of pyridine rings is 1. The molecule has 1 unspecified atom stereocenters. The fourth-order valence-corrected chi connectivity index (χ4v) is 2.93. The number of fused-ring (bicyclic) bond motifs is 1. The number of ether oxygens (including phenoxy) is 1. The number of aromatic nitrogens is 1. The molecular weight excluding hydrogens is 306 g/mol. The molecule has 0 spiro atoms. The van der Waals surface area contributed by atoms with Gasteiger partial charge < -0.3 is 14.9 Å². The zero-order chi connectivity index (χ0) is 17.2. The Morgan fingerprint density at radius 3 is 2.67 bits per heavy atom. The number of aliphatic hydroxyl groups is 1. The fraction of sp³-hybridized carbons (Fsp3) is 0.368. The summed E-state index contributed by atoms with van der Waals surface area (Å²) in [6.45, 7) is 2.61. The van der Waals surface area contributed by atoms with Crippen molar-refractivity contribution in [1.29, 1.82) is 0 Å². The Hall–Kier alpha value is -2.24. The van der Waals surface area contributed by atoms with E-state index in [0.29, 0.717) is 31.7 Å². The van der Waals surface area contributed by atoms with Gasteiger partial charge in [0.15, 0.2) is 0 Å². The molecule has 3 rings (SSSR count). The molecule has 1 saturated heterocycles. The standard InChI is InChI=1S/C19H21NO4/c1-13(21)16-5-4-15-3-2-14(12-17(15)20-16)6-7-19(18(22)23)8-10-24-11-9-19/h2-7,12-13,21H,8-11H2,1H3,(H,22,23). The molecule has 24 heavy (non-hydrogen) atoms. The van der Waals surface area contributed by atoms with Crippen LogP contribution >= 0.6 is 0 Å². The van der Waals surface area contributed by atoms with Crippen LogP contribution in [0, 0.1) is 5.41 Å². The average Bonchev–Trinajstić information content (AvgIpc) is 2.60. The van der Waals surface area contributed by atoms with Crippen molar-refractivity contribution in [2.75, 3.05) is 13.2 Å². The fourth-order valence-electron chi connectivity index (χ4n) is 2.93. The quantitative estimate of drug-likeness (QED) is 0.901. The molecule has 0 amide bonds. The van der Waals surface area contributed by atoms with E-state index in [1.807, 2.05) is 36.4 Å². The predicted molar refractivity (Wildman–Crippen MR) is 91.5 cm³/mol. The molecule has 2 heterocycles. The highest BCUT2D eigenvalue weighted by Gasteiger charge is 2.37. The molecule has 0 saturated carbocycles. The molecule has 1 aliphatic heterocycles. The Bertz CT molecular complexity index is 776. The van der Waals surface area contributed by atoms with Crippen LogP contribution in [0.25, 0.3) is 17.0 Å². The summed E-state index contributed by atoms with van der Waals surface area (Å²) in [6, 6.07) is 9.54. The highest BCUT2D eigenvalue weighted by molar-refractivity contribution is 5.82. The number of benzene rings is 1. The van der Waals surface area contributed by atoms with Gasteiger partial charge >= 0.3 is 5.97 Å². The van der Waals surface area contributed by atoms with Gasteiger partial charge in [-0.05, 0) is 37.5 Å². The molecule has 1 fully saturated rings. The third-order valence-corrected chi connectivity index (χ3v) is 4.57. The van der Waals surface area contributed by atoms with Gasteiger partial charge in [-0.15, -0.1) is 0 Å². The van der Waals surface area contributed by atoms with Crippen LogP contribution in [0.3, 0.4) is 0 Å². The van der Waals surface area contributed by atoms with Crippen LogP contribution in [0.1, 0.15) is 37.1 Å². The minimum Gasteiger partial charge on any atom is -0.481 e. The Labute approximate surface area is 140 Å². The maximum atomic E-state index is 11.7. The molecule has 2 aromatic rings. The van der Waals surface area contributed by atoms with Crippen LogP contribution in [0.5, 0.6) is 0 Å². The lowest BCUT2D eigenvalue weighted by molar-refractivity contribution is -0.150. The number of aliphatic carboxylic acids is 1. The van der Waals surface area contributed by atoms with Gasteiger partial charge in [-0.25, -0.2) is 0 Å². The summed E-state index contributed by atoms with van der Waals surface area (Å²) in [6.07, 6.45) is 3.96. The highest BCUT2D eigenvalue weighted by Crippen LogP contribution is 2.33. The molecule has 0 aliphatic carbocycles. The molecule has 1 atom stereocenters. The molecule has 1 aromatic carbocycles. The maximum absolute atomic E-state index is 11.7. The first-order chi connectivity index (χ1) is 11.5. The number of carbonyl (C=O) groups is 1. The summed E-state index contributed by atoms with van der Waals surface area (Å²) in [5.41, 5.74) is 1.44. The maximum Gasteiger partial charge on any atom is 0.313 e. The van der Waals surface area contributed by atoms with Crippen molar-refractivity contribution >= 4 is 22.9 Å². The van der Waals surface area contributed by atoms with E-state index in [9.17, 15) is 15.0 Å². The van der Waals surface area contributed by atoms with Gasteiger partial charge in [-0.1, -0.05) is 30.4 Å². The van der Waals surface area contributed by atoms with Crippen molar-refractivity contribution in [2.24, 2.45) is 5.41 Å². The summed E-state index contributed by atoms with van der Waals surface area (Å²) >= 11 is 0. The van der Waals surface area contributed by atoms with Gasteiger partial charge in [0.25, 0.3) is 0 Å². The number of aliphatic hydroxyl groups excluding tert-OH is 1. The Kier molecular flexibility index (Phi) is 4.64. The van der Waals surface area contributed by atoms with Crippen molar-refractivity contribution in [1.82, 2.24) is 4.98 Å². The molecule has 0 radical (unpaired) electrons. The number of hydrogen-bond acceptors (Lipinski definition) is 4. The smallest absolute Gasteiger partial charge is 0.313 e. The Morgan fingerprint density at radius 2 is 2.00 bits per heavy atom. The lowest BCUT2D eigenvalue weighted by atomic mass is 9.79. The van der Waals surface area contributed by atoms with Crippen molar-refractivity contribution in [3.05, 3.63) is 47.7 Å². The van der Waals surface area contributed by atoms with Crippen LogP contribution < -0.4 is 0 Å². The highest BCUT2D eigenvalue weighted by atomic mass is 16.5. The van der Waals surface area contributed by atoms with Crippen molar-refractivity contribution < 1.29 is 19.7 Å². The first-order valence-electron chi connectivity index (χ1n) is 8.09. The van der Waals surface area contributed by atoms with E-state index in [1.54, 1.807) is 13.0 Å². The number of carboxylic acids is 1. The minimum absolute atomic E-state index is 0.466. The summed E-state index contributed by atoms with van der Waals surface area (Å²) in [4.78, 5) is 16.1. The molecule has 126 valence electrons. The monoisotopic (exact) mass is 327 g/mol. The van der Waals surface area contributed by atoms with E-state index < -0.39 is 17.5 Å².